The first-order valence-corrected chi connectivity index (χ1v) is 16.2. The monoisotopic (exact) mass is 639 g/mol. The van der Waals surface area contributed by atoms with Crippen molar-refractivity contribution >= 4 is 0 Å². The van der Waals surface area contributed by atoms with Crippen LogP contribution in [-0.2, 0) is 11.2 Å². The molecule has 46 heavy (non-hydrogen) atoms. The molecule has 2 fully saturated rings. The van der Waals surface area contributed by atoms with Gasteiger partial charge in [-0.3, -0.25) is 0 Å². The van der Waals surface area contributed by atoms with Gasteiger partial charge in [0.15, 0.2) is 23.0 Å². The van der Waals surface area contributed by atoms with Crippen LogP contribution in [0.2, 0.25) is 0 Å². The minimum Gasteiger partial charge on any atom is -0.504 e. The fourth-order valence-corrected chi connectivity index (χ4v) is 7.06. The van der Waals surface area contributed by atoms with Gasteiger partial charge in [-0.2, -0.15) is 0 Å². The first kappa shape index (κ1) is 33.7. The number of aromatic hydroxyl groups is 2. The van der Waals surface area contributed by atoms with Gasteiger partial charge < -0.3 is 55.7 Å². The molecule has 0 aliphatic carbocycles. The lowest BCUT2D eigenvalue weighted by Crippen LogP contribution is -2.54. The van der Waals surface area contributed by atoms with Crippen molar-refractivity contribution in [2.45, 2.75) is 75.8 Å². The summed E-state index contributed by atoms with van der Waals surface area (Å²) in [4.78, 5) is 0. The van der Waals surface area contributed by atoms with Gasteiger partial charge in [-0.25, -0.2) is 0 Å². The number of aliphatic hydroxyl groups is 2. The second-order valence-corrected chi connectivity index (χ2v) is 12.8. The Morgan fingerprint density at radius 3 is 2.54 bits per heavy atom. The number of aryl methyl sites for hydroxylation is 1. The van der Waals surface area contributed by atoms with E-state index in [0.29, 0.717) is 43.8 Å². The minimum absolute atomic E-state index is 0.0786. The van der Waals surface area contributed by atoms with E-state index in [9.17, 15) is 20.4 Å². The van der Waals surface area contributed by atoms with Gasteiger partial charge in [-0.1, -0.05) is 12.1 Å². The predicted molar refractivity (Wildman–Crippen MR) is 174 cm³/mol. The topological polar surface area (TPSA) is 168 Å². The Kier molecular flexibility index (Phi) is 11.2. The number of hydrogen-bond donors (Lipinski definition) is 7. The smallest absolute Gasteiger partial charge is 0.200 e. The number of piperidine rings is 1. The molecule has 0 radical (unpaired) electrons. The average Bonchev–Trinajstić information content (AvgIpc) is 3.04. The molecule has 2 saturated heterocycles. The first-order chi connectivity index (χ1) is 22.2. The van der Waals surface area contributed by atoms with E-state index in [2.05, 4.69) is 23.6 Å². The van der Waals surface area contributed by atoms with E-state index in [1.54, 1.807) is 18.2 Å². The van der Waals surface area contributed by atoms with E-state index in [1.165, 1.54) is 14.2 Å². The molecule has 3 aliphatic rings. The number of phenols is 2. The molecule has 7 atom stereocenters. The number of aliphatic hydroxyl groups excluding tert-OH is 2. The van der Waals surface area contributed by atoms with Gasteiger partial charge in [-0.05, 0) is 97.9 Å². The Morgan fingerprint density at radius 1 is 1.02 bits per heavy atom. The minimum atomic E-state index is -0.557. The van der Waals surface area contributed by atoms with Crippen molar-refractivity contribution in [1.82, 2.24) is 10.6 Å². The molecular formula is C35H49N3O8. The third-order valence-corrected chi connectivity index (χ3v) is 9.44. The van der Waals surface area contributed by atoms with Gasteiger partial charge in [0, 0.05) is 31.7 Å². The third kappa shape index (κ3) is 8.19. The van der Waals surface area contributed by atoms with E-state index in [1.807, 2.05) is 18.2 Å². The molecule has 3 aliphatic heterocycles. The standard InChI is InChI=1S/C35H49N3O8/c1-20-10-24(18-39)27(11-22-8-9-37-34(36)13-22)28(38-20)19-45-33-15-23(14-32(44-3)35(33)42)30-17-25(40)16-26(46-30)6-4-21-5-7-29(41)31(12-21)43-2/h5,7-8,12-15,20,24-28,30,37-42H,4,6,9-11,16-19,36H2,1-3H3/t20-,24-,25-,26-,27-,28+,30-/m0/s1. The van der Waals surface area contributed by atoms with Crippen LogP contribution in [0.15, 0.2) is 53.9 Å². The largest absolute Gasteiger partial charge is 0.504 e. The number of methoxy groups -OCH3 is 2. The van der Waals surface area contributed by atoms with Crippen LogP contribution < -0.4 is 30.6 Å². The lowest BCUT2D eigenvalue weighted by atomic mass is 9.75. The van der Waals surface area contributed by atoms with Gasteiger partial charge in [0.25, 0.3) is 0 Å². The van der Waals surface area contributed by atoms with Crippen LogP contribution in [0, 0.1) is 11.8 Å². The Hall–Kier alpha value is -3.64. The maximum atomic E-state index is 11.1. The second-order valence-electron chi connectivity index (χ2n) is 12.8. The zero-order chi connectivity index (χ0) is 32.8. The number of dihydropyridines is 1. The quantitative estimate of drug-likeness (QED) is 0.182. The Bertz CT molecular complexity index is 1400. The van der Waals surface area contributed by atoms with E-state index >= 15 is 0 Å². The summed E-state index contributed by atoms with van der Waals surface area (Å²) in [6, 6.07) is 8.89. The highest BCUT2D eigenvalue weighted by Crippen LogP contribution is 2.43. The maximum absolute atomic E-state index is 11.1. The Labute approximate surface area is 271 Å². The number of nitrogens with two attached hydrogens (primary N) is 1. The van der Waals surface area contributed by atoms with Crippen LogP contribution in [0.1, 0.15) is 56.3 Å². The van der Waals surface area contributed by atoms with E-state index in [4.69, 9.17) is 24.7 Å². The molecule has 0 amide bonds. The molecule has 8 N–H and O–H groups in total. The number of hydrogen-bond acceptors (Lipinski definition) is 11. The number of nitrogens with one attached hydrogen (secondary N) is 2. The van der Waals surface area contributed by atoms with Crippen molar-refractivity contribution < 1.29 is 39.4 Å². The number of rotatable bonds is 12. The molecule has 3 heterocycles. The predicted octanol–water partition coefficient (Wildman–Crippen LogP) is 3.40. The first-order valence-electron chi connectivity index (χ1n) is 16.2. The number of allylic oxidation sites excluding steroid dienone is 2. The Morgan fingerprint density at radius 2 is 1.80 bits per heavy atom. The molecular weight excluding hydrogens is 590 g/mol. The summed E-state index contributed by atoms with van der Waals surface area (Å²) >= 11 is 0. The van der Waals surface area contributed by atoms with Gasteiger partial charge in [-0.15, -0.1) is 0 Å². The molecule has 0 aromatic heterocycles. The second kappa shape index (κ2) is 15.3. The summed E-state index contributed by atoms with van der Waals surface area (Å²) in [5.74, 6) is 1.76. The molecule has 11 heteroatoms. The van der Waals surface area contributed by atoms with E-state index < -0.39 is 12.2 Å². The van der Waals surface area contributed by atoms with Gasteiger partial charge in [0.2, 0.25) is 5.75 Å². The van der Waals surface area contributed by atoms with Crippen molar-refractivity contribution in [2.24, 2.45) is 17.6 Å². The molecule has 11 nitrogen and oxygen atoms in total. The van der Waals surface area contributed by atoms with E-state index in [-0.39, 0.29) is 66.2 Å². The number of phenolic OH excluding ortho intramolecular Hbond substituents is 2. The fraction of sp³-hybridized carbons (Fsp3) is 0.543. The summed E-state index contributed by atoms with van der Waals surface area (Å²) in [7, 11) is 3.01. The number of ether oxygens (including phenoxy) is 4. The highest BCUT2D eigenvalue weighted by Gasteiger charge is 2.37. The van der Waals surface area contributed by atoms with Crippen LogP contribution in [0.4, 0.5) is 0 Å². The summed E-state index contributed by atoms with van der Waals surface area (Å²) in [6.07, 6.45) is 6.74. The lowest BCUT2D eigenvalue weighted by molar-refractivity contribution is -0.0999. The van der Waals surface area contributed by atoms with Crippen LogP contribution in [0.25, 0.3) is 0 Å². The average molecular weight is 640 g/mol. The van der Waals surface area contributed by atoms with Crippen LogP contribution in [-0.4, -0.2) is 78.7 Å². The molecule has 0 spiro atoms. The summed E-state index contributed by atoms with van der Waals surface area (Å²) < 4.78 is 23.6. The molecule has 0 unspecified atom stereocenters. The van der Waals surface area contributed by atoms with Crippen molar-refractivity contribution in [3.63, 3.8) is 0 Å². The summed E-state index contributed by atoms with van der Waals surface area (Å²) in [5, 5.41) is 48.8. The van der Waals surface area contributed by atoms with Gasteiger partial charge in [0.1, 0.15) is 6.61 Å². The molecule has 0 saturated carbocycles. The summed E-state index contributed by atoms with van der Waals surface area (Å²) in [5.41, 5.74) is 8.90. The molecule has 5 rings (SSSR count). The third-order valence-electron chi connectivity index (χ3n) is 9.44. The highest BCUT2D eigenvalue weighted by atomic mass is 16.5. The molecule has 2 aromatic carbocycles. The molecule has 252 valence electrons. The van der Waals surface area contributed by atoms with Crippen LogP contribution in [0.3, 0.4) is 0 Å². The maximum Gasteiger partial charge on any atom is 0.200 e. The zero-order valence-corrected chi connectivity index (χ0v) is 26.9. The number of benzene rings is 2. The van der Waals surface area contributed by atoms with Crippen molar-refractivity contribution in [1.29, 1.82) is 0 Å². The molecule has 0 bridgehead atoms. The van der Waals surface area contributed by atoms with Gasteiger partial charge in [0.05, 0.1) is 38.4 Å². The normalized spacial score (nSPS) is 28.1. The van der Waals surface area contributed by atoms with Crippen molar-refractivity contribution in [3.05, 3.63) is 65.0 Å². The van der Waals surface area contributed by atoms with Crippen molar-refractivity contribution in [2.75, 3.05) is 34.0 Å². The molecule has 2 aromatic rings. The SMILES string of the molecule is COc1cc(CC[C@H]2C[C@H](O)C[C@@H](c3cc(OC)c(O)c(OC[C@H]4N[C@@H](C)C[C@@H](CO)[C@@H]4CC4=CCNC(N)=C4)c3)O2)ccc1O. The zero-order valence-electron chi connectivity index (χ0n) is 26.9. The Balaban J connectivity index is 1.30. The van der Waals surface area contributed by atoms with E-state index in [0.717, 1.165) is 29.5 Å². The van der Waals surface area contributed by atoms with Crippen molar-refractivity contribution in [3.8, 4) is 28.7 Å². The fourth-order valence-electron chi connectivity index (χ4n) is 7.06. The highest BCUT2D eigenvalue weighted by molar-refractivity contribution is 5.53. The van der Waals surface area contributed by atoms with Crippen LogP contribution >= 0.6 is 0 Å². The summed E-state index contributed by atoms with van der Waals surface area (Å²) in [6.45, 7) is 3.12. The van der Waals surface area contributed by atoms with Gasteiger partial charge >= 0.3 is 0 Å². The lowest BCUT2D eigenvalue weighted by Gasteiger charge is -2.42. The van der Waals surface area contributed by atoms with Crippen LogP contribution in [0.5, 0.6) is 28.7 Å².